The molecule has 1 N–H and O–H groups in total. The van der Waals surface area contributed by atoms with Crippen molar-refractivity contribution in [2.45, 2.75) is 17.7 Å². The summed E-state index contributed by atoms with van der Waals surface area (Å²) in [5, 5.41) is 0. The summed E-state index contributed by atoms with van der Waals surface area (Å²) in [7, 11) is -3.58. The van der Waals surface area contributed by atoms with Crippen LogP contribution in [0.5, 0.6) is 0 Å². The second kappa shape index (κ2) is 5.13. The highest BCUT2D eigenvalue weighted by Gasteiger charge is 2.18. The Morgan fingerprint density at radius 2 is 2.10 bits per heavy atom. The number of sulfonamides is 1. The lowest BCUT2D eigenvalue weighted by Crippen LogP contribution is -2.29. The van der Waals surface area contributed by atoms with Crippen LogP contribution in [-0.2, 0) is 10.0 Å². The van der Waals surface area contributed by atoms with E-state index in [0.29, 0.717) is 24.6 Å². The van der Waals surface area contributed by atoms with E-state index in [-0.39, 0.29) is 4.90 Å². The minimum atomic E-state index is -3.58. The van der Waals surface area contributed by atoms with E-state index in [0.717, 1.165) is 12.0 Å². The molecule has 0 fully saturated rings. The van der Waals surface area contributed by atoms with Gasteiger partial charge in [0.25, 0.3) is 10.0 Å². The lowest BCUT2D eigenvalue weighted by Gasteiger charge is -2.08. The van der Waals surface area contributed by atoms with Gasteiger partial charge >= 0.3 is 0 Å². The molecule has 3 rings (SSSR count). The van der Waals surface area contributed by atoms with Crippen molar-refractivity contribution >= 4 is 15.9 Å². The summed E-state index contributed by atoms with van der Waals surface area (Å²) in [6.45, 7) is 0.685. The number of hydrogen-bond donors (Lipinski definition) is 1. The van der Waals surface area contributed by atoms with Crippen LogP contribution in [0.15, 0.2) is 57.0 Å². The highest BCUT2D eigenvalue weighted by atomic mass is 32.2. The van der Waals surface area contributed by atoms with Gasteiger partial charge < -0.3 is 4.42 Å². The Morgan fingerprint density at radius 1 is 1.20 bits per heavy atom. The van der Waals surface area contributed by atoms with E-state index in [1.807, 2.05) is 6.07 Å². The standard InChI is InChI=1S/C14H14N2O3S/c17-20(18,16-14-7-2-8-15-14)12-5-1-4-11(10-12)13-6-3-9-19-13/h1,3-6,9-10H,2,7-8H2,(H,15,16). The first kappa shape index (κ1) is 12.9. The molecule has 0 unspecified atom stereocenters. The van der Waals surface area contributed by atoms with E-state index < -0.39 is 10.0 Å². The summed E-state index contributed by atoms with van der Waals surface area (Å²) in [6.07, 6.45) is 3.13. The molecule has 104 valence electrons. The van der Waals surface area contributed by atoms with Crippen LogP contribution in [0.25, 0.3) is 11.3 Å². The number of amidine groups is 1. The Morgan fingerprint density at radius 3 is 2.80 bits per heavy atom. The molecule has 1 aliphatic heterocycles. The van der Waals surface area contributed by atoms with Gasteiger partial charge in [-0.1, -0.05) is 12.1 Å². The summed E-state index contributed by atoms with van der Waals surface area (Å²) in [5.74, 6) is 1.17. The van der Waals surface area contributed by atoms with Gasteiger partial charge in [-0.25, -0.2) is 8.42 Å². The molecule has 1 aliphatic rings. The van der Waals surface area contributed by atoms with Crippen LogP contribution in [0.4, 0.5) is 0 Å². The summed E-state index contributed by atoms with van der Waals surface area (Å²) < 4.78 is 32.4. The number of hydrogen-bond acceptors (Lipinski definition) is 4. The van der Waals surface area contributed by atoms with Gasteiger partial charge in [-0.15, -0.1) is 0 Å². The molecule has 0 spiro atoms. The number of furan rings is 1. The number of aliphatic imine (C=N–C) groups is 1. The maximum atomic E-state index is 12.3. The lowest BCUT2D eigenvalue weighted by molar-refractivity contribution is 0.582. The first-order valence-corrected chi connectivity index (χ1v) is 7.83. The molecule has 6 heteroatoms. The molecule has 20 heavy (non-hydrogen) atoms. The van der Waals surface area contributed by atoms with E-state index in [4.69, 9.17) is 4.42 Å². The Bertz CT molecular complexity index is 734. The molecule has 2 heterocycles. The van der Waals surface area contributed by atoms with Crippen LogP contribution in [-0.4, -0.2) is 20.8 Å². The van der Waals surface area contributed by atoms with E-state index in [1.54, 1.807) is 36.6 Å². The van der Waals surface area contributed by atoms with E-state index in [1.165, 1.54) is 0 Å². The molecule has 2 aromatic rings. The highest BCUT2D eigenvalue weighted by molar-refractivity contribution is 7.90. The number of nitrogens with one attached hydrogen (secondary N) is 1. The lowest BCUT2D eigenvalue weighted by atomic mass is 10.2. The Labute approximate surface area is 117 Å². The van der Waals surface area contributed by atoms with Crippen LogP contribution in [0.3, 0.4) is 0 Å². The molecule has 0 saturated heterocycles. The molecule has 0 saturated carbocycles. The quantitative estimate of drug-likeness (QED) is 0.943. The van der Waals surface area contributed by atoms with Crippen LogP contribution < -0.4 is 4.72 Å². The van der Waals surface area contributed by atoms with E-state index in [9.17, 15) is 8.42 Å². The Kier molecular flexibility index (Phi) is 3.31. The second-order valence-corrected chi connectivity index (χ2v) is 6.23. The van der Waals surface area contributed by atoms with Gasteiger partial charge in [0.2, 0.25) is 0 Å². The van der Waals surface area contributed by atoms with Crippen molar-refractivity contribution in [1.82, 2.24) is 4.72 Å². The van der Waals surface area contributed by atoms with Crippen molar-refractivity contribution in [3.8, 4) is 11.3 Å². The van der Waals surface area contributed by atoms with Gasteiger partial charge in [-0.2, -0.15) is 0 Å². The summed E-state index contributed by atoms with van der Waals surface area (Å²) in [4.78, 5) is 4.34. The maximum absolute atomic E-state index is 12.3. The topological polar surface area (TPSA) is 71.7 Å². The van der Waals surface area contributed by atoms with Crippen molar-refractivity contribution in [3.05, 3.63) is 42.7 Å². The largest absolute Gasteiger partial charge is 0.464 e. The minimum absolute atomic E-state index is 0.209. The average molecular weight is 290 g/mol. The predicted octanol–water partition coefficient (Wildman–Crippen LogP) is 2.42. The van der Waals surface area contributed by atoms with E-state index in [2.05, 4.69) is 9.71 Å². The minimum Gasteiger partial charge on any atom is -0.464 e. The van der Waals surface area contributed by atoms with Gasteiger partial charge in [0.15, 0.2) is 0 Å². The monoisotopic (exact) mass is 290 g/mol. The van der Waals surface area contributed by atoms with Crippen molar-refractivity contribution in [3.63, 3.8) is 0 Å². The van der Waals surface area contributed by atoms with Gasteiger partial charge in [-0.3, -0.25) is 9.71 Å². The molecule has 0 bridgehead atoms. The third-order valence-corrected chi connectivity index (χ3v) is 4.46. The SMILES string of the molecule is O=S(=O)(NC1=NCCC1)c1cccc(-c2ccco2)c1. The summed E-state index contributed by atoms with van der Waals surface area (Å²) in [6, 6.07) is 10.2. The fourth-order valence-corrected chi connectivity index (χ4v) is 3.23. The van der Waals surface area contributed by atoms with E-state index >= 15 is 0 Å². The zero-order valence-electron chi connectivity index (χ0n) is 10.7. The molecule has 1 aromatic heterocycles. The summed E-state index contributed by atoms with van der Waals surface area (Å²) in [5.41, 5.74) is 0.728. The maximum Gasteiger partial charge on any atom is 0.262 e. The number of nitrogens with zero attached hydrogens (tertiary/aromatic N) is 1. The van der Waals surface area contributed by atoms with Gasteiger partial charge in [0, 0.05) is 18.5 Å². The Hall–Kier alpha value is -2.08. The predicted molar refractivity (Wildman–Crippen MR) is 76.0 cm³/mol. The fourth-order valence-electron chi connectivity index (χ4n) is 2.10. The van der Waals surface area contributed by atoms with Gasteiger partial charge in [0.05, 0.1) is 11.2 Å². The van der Waals surface area contributed by atoms with Crippen LogP contribution in [0.2, 0.25) is 0 Å². The van der Waals surface area contributed by atoms with Crippen molar-refractivity contribution in [2.75, 3.05) is 6.54 Å². The number of benzene rings is 1. The molecule has 5 nitrogen and oxygen atoms in total. The van der Waals surface area contributed by atoms with Gasteiger partial charge in [0.1, 0.15) is 11.6 Å². The zero-order chi connectivity index (χ0) is 14.0. The normalized spacial score (nSPS) is 15.1. The Balaban J connectivity index is 1.91. The highest BCUT2D eigenvalue weighted by Crippen LogP contribution is 2.23. The third kappa shape index (κ3) is 2.60. The second-order valence-electron chi connectivity index (χ2n) is 4.54. The third-order valence-electron chi connectivity index (χ3n) is 3.08. The van der Waals surface area contributed by atoms with Crippen molar-refractivity contribution < 1.29 is 12.8 Å². The molecule has 1 aromatic carbocycles. The average Bonchev–Trinajstić information content (AvgIpc) is 3.11. The number of rotatable bonds is 3. The first-order valence-electron chi connectivity index (χ1n) is 6.35. The molecule has 0 radical (unpaired) electrons. The molecular weight excluding hydrogens is 276 g/mol. The fraction of sp³-hybridized carbons (Fsp3) is 0.214. The molecule has 0 aliphatic carbocycles. The van der Waals surface area contributed by atoms with Crippen LogP contribution in [0.1, 0.15) is 12.8 Å². The van der Waals surface area contributed by atoms with Crippen molar-refractivity contribution in [1.29, 1.82) is 0 Å². The van der Waals surface area contributed by atoms with Crippen LogP contribution in [0, 0.1) is 0 Å². The van der Waals surface area contributed by atoms with Gasteiger partial charge in [-0.05, 0) is 30.7 Å². The first-order chi connectivity index (χ1) is 9.65. The molecule has 0 amide bonds. The smallest absolute Gasteiger partial charge is 0.262 e. The zero-order valence-corrected chi connectivity index (χ0v) is 11.6. The van der Waals surface area contributed by atoms with Crippen LogP contribution >= 0.6 is 0 Å². The van der Waals surface area contributed by atoms with Crippen molar-refractivity contribution in [2.24, 2.45) is 4.99 Å². The molecule has 0 atom stereocenters. The summed E-state index contributed by atoms with van der Waals surface area (Å²) >= 11 is 0. The molecular formula is C14H14N2O3S.